The van der Waals surface area contributed by atoms with Crippen molar-refractivity contribution in [3.8, 4) is 28.7 Å². The van der Waals surface area contributed by atoms with E-state index in [2.05, 4.69) is 0 Å². The molecule has 1 aliphatic rings. The maximum Gasteiger partial charge on any atom is 0.203 e. The molecule has 0 unspecified atom stereocenters. The van der Waals surface area contributed by atoms with Crippen LogP contribution in [0, 0.1) is 0 Å². The third-order valence-corrected chi connectivity index (χ3v) is 3.76. The number of carbonyl (C=O) groups is 1. The van der Waals surface area contributed by atoms with Crippen molar-refractivity contribution in [2.45, 2.75) is 0 Å². The minimum atomic E-state index is -0.433. The molecular weight excluding hydrogens is 312 g/mol. The molecule has 0 atom stereocenters. The second-order valence-corrected chi connectivity index (χ2v) is 5.21. The molecule has 6 heteroatoms. The van der Waals surface area contributed by atoms with Crippen LogP contribution >= 0.6 is 0 Å². The van der Waals surface area contributed by atoms with E-state index in [-0.39, 0.29) is 35.2 Å². The van der Waals surface area contributed by atoms with Crippen LogP contribution in [-0.2, 0) is 0 Å². The van der Waals surface area contributed by atoms with E-state index in [0.717, 1.165) is 5.56 Å². The van der Waals surface area contributed by atoms with Crippen LogP contribution in [0.2, 0.25) is 0 Å². The third-order valence-electron chi connectivity index (χ3n) is 3.76. The number of phenolic OH excluding ortho intramolecular Hbond substituents is 2. The Morgan fingerprint density at radius 1 is 1.12 bits per heavy atom. The van der Waals surface area contributed by atoms with Gasteiger partial charge in [0, 0.05) is 11.6 Å². The maximum atomic E-state index is 12.7. The lowest BCUT2D eigenvalue weighted by Crippen LogP contribution is -2.19. The van der Waals surface area contributed by atoms with Gasteiger partial charge < -0.3 is 24.4 Å². The molecule has 0 amide bonds. The molecule has 0 radical (unpaired) electrons. The number of hydrogen-bond acceptors (Lipinski definition) is 6. The Kier molecular flexibility index (Phi) is 4.04. The van der Waals surface area contributed by atoms with Crippen molar-refractivity contribution in [1.29, 1.82) is 0 Å². The highest BCUT2D eigenvalue weighted by Gasteiger charge is 2.30. The first kappa shape index (κ1) is 15.7. The highest BCUT2D eigenvalue weighted by Crippen LogP contribution is 2.46. The standard InChI is InChI=1S/C18H16O6/c1-22-12-5-3-10(4-6-12)7-11-9-24-14-8-13(19)18(23-2)17(21)15(14)16(11)20/h3-8,19,21H,9H2,1-2H3/b11-7-. The van der Waals surface area contributed by atoms with Crippen LogP contribution < -0.4 is 14.2 Å². The Morgan fingerprint density at radius 2 is 1.83 bits per heavy atom. The first-order valence-corrected chi connectivity index (χ1v) is 7.20. The Balaban J connectivity index is 2.01. The van der Waals surface area contributed by atoms with Crippen molar-refractivity contribution >= 4 is 11.9 Å². The van der Waals surface area contributed by atoms with Crippen LogP contribution in [0.15, 0.2) is 35.9 Å². The predicted octanol–water partition coefficient (Wildman–Crippen LogP) is 2.77. The molecule has 1 heterocycles. The fourth-order valence-electron chi connectivity index (χ4n) is 2.54. The smallest absolute Gasteiger partial charge is 0.203 e. The van der Waals surface area contributed by atoms with Gasteiger partial charge in [-0.3, -0.25) is 4.79 Å². The number of benzene rings is 2. The largest absolute Gasteiger partial charge is 0.504 e. The average molecular weight is 328 g/mol. The molecule has 124 valence electrons. The monoisotopic (exact) mass is 328 g/mol. The highest BCUT2D eigenvalue weighted by molar-refractivity contribution is 6.16. The average Bonchev–Trinajstić information content (AvgIpc) is 2.58. The van der Waals surface area contributed by atoms with Gasteiger partial charge in [0.2, 0.25) is 5.75 Å². The van der Waals surface area contributed by atoms with Crippen molar-refractivity contribution in [2.75, 3.05) is 20.8 Å². The summed E-state index contributed by atoms with van der Waals surface area (Å²) in [4.78, 5) is 12.7. The summed E-state index contributed by atoms with van der Waals surface area (Å²) in [6, 6.07) is 8.45. The molecule has 0 aromatic heterocycles. The zero-order valence-electron chi connectivity index (χ0n) is 13.2. The predicted molar refractivity (Wildman–Crippen MR) is 87.1 cm³/mol. The summed E-state index contributed by atoms with van der Waals surface area (Å²) in [7, 11) is 2.87. The van der Waals surface area contributed by atoms with Crippen molar-refractivity contribution < 1.29 is 29.2 Å². The SMILES string of the molecule is COc1ccc(/C=C2/COc3cc(O)c(OC)c(O)c3C2=O)cc1. The summed E-state index contributed by atoms with van der Waals surface area (Å²) >= 11 is 0. The van der Waals surface area contributed by atoms with E-state index in [9.17, 15) is 15.0 Å². The Morgan fingerprint density at radius 3 is 2.46 bits per heavy atom. The zero-order valence-corrected chi connectivity index (χ0v) is 13.2. The second-order valence-electron chi connectivity index (χ2n) is 5.21. The number of phenols is 2. The summed E-state index contributed by atoms with van der Waals surface area (Å²) < 4.78 is 15.5. The van der Waals surface area contributed by atoms with Gasteiger partial charge in [-0.1, -0.05) is 12.1 Å². The van der Waals surface area contributed by atoms with E-state index < -0.39 is 5.75 Å². The summed E-state index contributed by atoms with van der Waals surface area (Å²) in [5.41, 5.74) is 1.17. The van der Waals surface area contributed by atoms with Crippen molar-refractivity contribution in [3.63, 3.8) is 0 Å². The molecule has 2 aromatic carbocycles. The van der Waals surface area contributed by atoms with Gasteiger partial charge in [0.15, 0.2) is 17.3 Å². The first-order chi connectivity index (χ1) is 11.5. The lowest BCUT2D eigenvalue weighted by Gasteiger charge is -2.21. The van der Waals surface area contributed by atoms with E-state index in [4.69, 9.17) is 14.2 Å². The molecule has 24 heavy (non-hydrogen) atoms. The first-order valence-electron chi connectivity index (χ1n) is 7.20. The summed E-state index contributed by atoms with van der Waals surface area (Å²) in [5.74, 6) is -0.407. The normalized spacial score (nSPS) is 14.9. The summed E-state index contributed by atoms with van der Waals surface area (Å²) in [6.07, 6.45) is 1.68. The van der Waals surface area contributed by atoms with E-state index in [0.29, 0.717) is 11.3 Å². The summed E-state index contributed by atoms with van der Waals surface area (Å²) in [5, 5.41) is 20.0. The molecule has 3 rings (SSSR count). The topological polar surface area (TPSA) is 85.2 Å². The van der Waals surface area contributed by atoms with Crippen molar-refractivity contribution in [2.24, 2.45) is 0 Å². The van der Waals surface area contributed by atoms with Crippen LogP contribution in [0.4, 0.5) is 0 Å². The lowest BCUT2D eigenvalue weighted by atomic mass is 9.97. The quantitative estimate of drug-likeness (QED) is 0.843. The van der Waals surface area contributed by atoms with Crippen molar-refractivity contribution in [3.05, 3.63) is 47.0 Å². The Labute approximate surface area is 138 Å². The van der Waals surface area contributed by atoms with Gasteiger partial charge in [0.1, 0.15) is 23.7 Å². The molecule has 1 aliphatic heterocycles. The van der Waals surface area contributed by atoms with Gasteiger partial charge in [0.05, 0.1) is 14.2 Å². The number of Topliss-reactive ketones (excluding diaryl/α,β-unsaturated/α-hetero) is 1. The molecule has 2 N–H and O–H groups in total. The number of methoxy groups -OCH3 is 2. The van der Waals surface area contributed by atoms with Crippen LogP contribution in [-0.4, -0.2) is 36.8 Å². The van der Waals surface area contributed by atoms with Gasteiger partial charge in [-0.2, -0.15) is 0 Å². The number of fused-ring (bicyclic) bond motifs is 1. The molecule has 6 nitrogen and oxygen atoms in total. The lowest BCUT2D eigenvalue weighted by molar-refractivity contribution is 0.0996. The van der Waals surface area contributed by atoms with Gasteiger partial charge in [-0.05, 0) is 23.8 Å². The van der Waals surface area contributed by atoms with E-state index in [1.165, 1.54) is 13.2 Å². The summed E-state index contributed by atoms with van der Waals surface area (Å²) in [6.45, 7) is 0.0447. The molecule has 0 aliphatic carbocycles. The molecule has 0 saturated heterocycles. The highest BCUT2D eigenvalue weighted by atomic mass is 16.5. The molecule has 0 fully saturated rings. The minimum absolute atomic E-state index is 0.0179. The molecule has 0 spiro atoms. The van der Waals surface area contributed by atoms with Gasteiger partial charge >= 0.3 is 0 Å². The third kappa shape index (κ3) is 2.62. The minimum Gasteiger partial charge on any atom is -0.504 e. The molecule has 2 aromatic rings. The van der Waals surface area contributed by atoms with Gasteiger partial charge in [0.25, 0.3) is 0 Å². The Hall–Kier alpha value is -3.15. The van der Waals surface area contributed by atoms with Crippen LogP contribution in [0.5, 0.6) is 28.7 Å². The van der Waals surface area contributed by atoms with E-state index in [1.54, 1.807) is 25.3 Å². The fourth-order valence-corrected chi connectivity index (χ4v) is 2.54. The number of rotatable bonds is 3. The van der Waals surface area contributed by atoms with Crippen LogP contribution in [0.25, 0.3) is 6.08 Å². The second kappa shape index (κ2) is 6.16. The molecule has 0 saturated carbocycles. The molecule has 0 bridgehead atoms. The van der Waals surface area contributed by atoms with Crippen LogP contribution in [0.3, 0.4) is 0 Å². The van der Waals surface area contributed by atoms with E-state index in [1.807, 2.05) is 12.1 Å². The number of carbonyl (C=O) groups excluding carboxylic acids is 1. The molecular formula is C18H16O6. The van der Waals surface area contributed by atoms with Crippen molar-refractivity contribution in [1.82, 2.24) is 0 Å². The van der Waals surface area contributed by atoms with Crippen LogP contribution in [0.1, 0.15) is 15.9 Å². The maximum absolute atomic E-state index is 12.7. The fraction of sp³-hybridized carbons (Fsp3) is 0.167. The van der Waals surface area contributed by atoms with E-state index >= 15 is 0 Å². The number of aromatic hydroxyl groups is 2. The Bertz CT molecular complexity index is 820. The number of ether oxygens (including phenoxy) is 3. The zero-order chi connectivity index (χ0) is 17.3. The number of hydrogen-bond donors (Lipinski definition) is 2. The van der Waals surface area contributed by atoms with Gasteiger partial charge in [-0.15, -0.1) is 0 Å². The van der Waals surface area contributed by atoms with Gasteiger partial charge in [-0.25, -0.2) is 0 Å². The number of ketones is 1.